The molecule has 2 heterocycles. The van der Waals surface area contributed by atoms with Crippen LogP contribution < -0.4 is 15.0 Å². The van der Waals surface area contributed by atoms with E-state index in [2.05, 4.69) is 19.2 Å². The number of amides is 2. The fourth-order valence-electron chi connectivity index (χ4n) is 3.41. The summed E-state index contributed by atoms with van der Waals surface area (Å²) in [5.74, 6) is 0.824. The van der Waals surface area contributed by atoms with Gasteiger partial charge in [0.2, 0.25) is 5.91 Å². The van der Waals surface area contributed by atoms with Gasteiger partial charge in [0.05, 0.1) is 0 Å². The second-order valence-electron chi connectivity index (χ2n) is 6.70. The summed E-state index contributed by atoms with van der Waals surface area (Å²) in [6.45, 7) is 6.40. The van der Waals surface area contributed by atoms with Crippen LogP contribution in [0.25, 0.3) is 0 Å². The smallest absolute Gasteiger partial charge is 0.260 e. The zero-order chi connectivity index (χ0) is 17.1. The van der Waals surface area contributed by atoms with Crippen molar-refractivity contribution in [3.8, 4) is 5.75 Å². The number of hydrogen-bond donors (Lipinski definition) is 1. The van der Waals surface area contributed by atoms with Gasteiger partial charge in [-0.15, -0.1) is 0 Å². The van der Waals surface area contributed by atoms with E-state index in [0.717, 1.165) is 18.7 Å². The first-order valence-electron chi connectivity index (χ1n) is 8.60. The number of benzene rings is 1. The second-order valence-corrected chi connectivity index (χ2v) is 6.70. The number of piperazine rings is 1. The SMILES string of the molecule is CC1CN(C(=O)COc2ccc(N3CCCC3=O)cc2)CC(C)N1. The highest BCUT2D eigenvalue weighted by Gasteiger charge is 2.25. The third kappa shape index (κ3) is 3.87. The van der Waals surface area contributed by atoms with E-state index in [1.165, 1.54) is 0 Å². The Kier molecular flexibility index (Phi) is 5.04. The fraction of sp³-hybridized carbons (Fsp3) is 0.556. The molecule has 2 fully saturated rings. The van der Waals surface area contributed by atoms with E-state index in [1.807, 2.05) is 29.2 Å². The number of hydrogen-bond acceptors (Lipinski definition) is 4. The molecule has 0 aliphatic carbocycles. The second kappa shape index (κ2) is 7.21. The maximum atomic E-state index is 12.3. The van der Waals surface area contributed by atoms with E-state index in [1.54, 1.807) is 4.90 Å². The average molecular weight is 331 g/mol. The van der Waals surface area contributed by atoms with Crippen molar-refractivity contribution < 1.29 is 14.3 Å². The molecular formula is C18H25N3O3. The lowest BCUT2D eigenvalue weighted by Crippen LogP contribution is -2.56. The first kappa shape index (κ1) is 16.8. The van der Waals surface area contributed by atoms with Crippen LogP contribution in [-0.4, -0.2) is 55.0 Å². The zero-order valence-corrected chi connectivity index (χ0v) is 14.3. The standard InChI is InChI=1S/C18H25N3O3/c1-13-10-20(11-14(2)19-13)18(23)12-24-16-7-5-15(6-8-16)21-9-3-4-17(21)22/h5-8,13-14,19H,3-4,9-12H2,1-2H3. The highest BCUT2D eigenvalue weighted by atomic mass is 16.5. The van der Waals surface area contributed by atoms with E-state index in [9.17, 15) is 9.59 Å². The third-order valence-electron chi connectivity index (χ3n) is 4.49. The minimum atomic E-state index is 0.00833. The number of carbonyl (C=O) groups excluding carboxylic acids is 2. The van der Waals surface area contributed by atoms with Crippen molar-refractivity contribution in [1.82, 2.24) is 10.2 Å². The molecular weight excluding hydrogens is 306 g/mol. The lowest BCUT2D eigenvalue weighted by atomic mass is 10.1. The molecule has 2 aliphatic heterocycles. The van der Waals surface area contributed by atoms with Crippen LogP contribution in [0.4, 0.5) is 5.69 Å². The summed E-state index contributed by atoms with van der Waals surface area (Å²) in [4.78, 5) is 27.7. The van der Waals surface area contributed by atoms with E-state index < -0.39 is 0 Å². The minimum absolute atomic E-state index is 0.00833. The molecule has 6 heteroatoms. The van der Waals surface area contributed by atoms with Gasteiger partial charge >= 0.3 is 0 Å². The number of ether oxygens (including phenoxy) is 1. The molecule has 2 amide bonds. The monoisotopic (exact) mass is 331 g/mol. The predicted molar refractivity (Wildman–Crippen MR) is 92.2 cm³/mol. The van der Waals surface area contributed by atoms with Gasteiger partial charge in [0.15, 0.2) is 6.61 Å². The van der Waals surface area contributed by atoms with E-state index in [4.69, 9.17) is 4.74 Å². The first-order valence-corrected chi connectivity index (χ1v) is 8.60. The molecule has 2 aliphatic rings. The van der Waals surface area contributed by atoms with Gasteiger partial charge in [0, 0.05) is 43.8 Å². The lowest BCUT2D eigenvalue weighted by molar-refractivity contribution is -0.135. The molecule has 3 rings (SSSR count). The number of nitrogens with one attached hydrogen (secondary N) is 1. The Morgan fingerprint density at radius 1 is 1.21 bits per heavy atom. The first-order chi connectivity index (χ1) is 11.5. The molecule has 1 aromatic carbocycles. The Labute approximate surface area is 142 Å². The summed E-state index contributed by atoms with van der Waals surface area (Å²) in [5.41, 5.74) is 0.890. The van der Waals surface area contributed by atoms with Gasteiger partial charge in [-0.1, -0.05) is 0 Å². The Balaban J connectivity index is 1.53. The lowest BCUT2D eigenvalue weighted by Gasteiger charge is -2.36. The molecule has 130 valence electrons. The maximum absolute atomic E-state index is 12.3. The third-order valence-corrected chi connectivity index (χ3v) is 4.49. The predicted octanol–water partition coefficient (Wildman–Crippen LogP) is 1.40. The van der Waals surface area contributed by atoms with E-state index in [-0.39, 0.29) is 18.4 Å². The Morgan fingerprint density at radius 3 is 2.46 bits per heavy atom. The highest BCUT2D eigenvalue weighted by molar-refractivity contribution is 5.95. The normalized spacial score (nSPS) is 24.3. The van der Waals surface area contributed by atoms with Gasteiger partial charge in [-0.05, 0) is 44.5 Å². The van der Waals surface area contributed by atoms with Crippen molar-refractivity contribution in [3.05, 3.63) is 24.3 Å². The number of nitrogens with zero attached hydrogens (tertiary/aromatic N) is 2. The van der Waals surface area contributed by atoms with Crippen LogP contribution in [0.3, 0.4) is 0 Å². The number of carbonyl (C=O) groups is 2. The van der Waals surface area contributed by atoms with Gasteiger partial charge in [-0.3, -0.25) is 9.59 Å². The topological polar surface area (TPSA) is 61.9 Å². The largest absolute Gasteiger partial charge is 0.484 e. The van der Waals surface area contributed by atoms with E-state index in [0.29, 0.717) is 37.3 Å². The molecule has 2 atom stereocenters. The van der Waals surface area contributed by atoms with Gasteiger partial charge < -0.3 is 19.9 Å². The molecule has 0 saturated carbocycles. The fourth-order valence-corrected chi connectivity index (χ4v) is 3.41. The molecule has 2 saturated heterocycles. The Bertz CT molecular complexity index is 592. The van der Waals surface area contributed by atoms with Crippen molar-refractivity contribution in [2.45, 2.75) is 38.8 Å². The van der Waals surface area contributed by atoms with Gasteiger partial charge in [-0.25, -0.2) is 0 Å². The van der Waals surface area contributed by atoms with Crippen LogP contribution in [0.2, 0.25) is 0 Å². The quantitative estimate of drug-likeness (QED) is 0.906. The van der Waals surface area contributed by atoms with E-state index >= 15 is 0 Å². The summed E-state index contributed by atoms with van der Waals surface area (Å²) in [7, 11) is 0. The summed E-state index contributed by atoms with van der Waals surface area (Å²) < 4.78 is 5.62. The van der Waals surface area contributed by atoms with Crippen LogP contribution in [0, 0.1) is 0 Å². The van der Waals surface area contributed by atoms with Crippen molar-refractivity contribution in [2.75, 3.05) is 31.1 Å². The number of rotatable bonds is 4. The zero-order valence-electron chi connectivity index (χ0n) is 14.3. The summed E-state index contributed by atoms with van der Waals surface area (Å²) in [6, 6.07) is 7.98. The highest BCUT2D eigenvalue weighted by Crippen LogP contribution is 2.23. The van der Waals surface area contributed by atoms with Gasteiger partial charge in [0.1, 0.15) is 5.75 Å². The van der Waals surface area contributed by atoms with Gasteiger partial charge in [0.25, 0.3) is 5.91 Å². The summed E-state index contributed by atoms with van der Waals surface area (Å²) in [6.07, 6.45) is 1.53. The molecule has 6 nitrogen and oxygen atoms in total. The van der Waals surface area contributed by atoms with Crippen LogP contribution in [0.15, 0.2) is 24.3 Å². The van der Waals surface area contributed by atoms with Crippen molar-refractivity contribution in [1.29, 1.82) is 0 Å². The maximum Gasteiger partial charge on any atom is 0.260 e. The van der Waals surface area contributed by atoms with Crippen LogP contribution >= 0.6 is 0 Å². The molecule has 0 aromatic heterocycles. The molecule has 0 bridgehead atoms. The van der Waals surface area contributed by atoms with Crippen LogP contribution in [-0.2, 0) is 9.59 Å². The summed E-state index contributed by atoms with van der Waals surface area (Å²) in [5, 5.41) is 3.41. The van der Waals surface area contributed by atoms with Crippen molar-refractivity contribution in [3.63, 3.8) is 0 Å². The summed E-state index contributed by atoms with van der Waals surface area (Å²) >= 11 is 0. The van der Waals surface area contributed by atoms with Crippen molar-refractivity contribution >= 4 is 17.5 Å². The molecule has 0 radical (unpaired) electrons. The Hall–Kier alpha value is -2.08. The van der Waals surface area contributed by atoms with Crippen LogP contribution in [0.5, 0.6) is 5.75 Å². The van der Waals surface area contributed by atoms with Crippen molar-refractivity contribution in [2.24, 2.45) is 0 Å². The molecule has 1 N–H and O–H groups in total. The number of anilines is 1. The molecule has 1 aromatic rings. The molecule has 0 spiro atoms. The molecule has 2 unspecified atom stereocenters. The molecule has 24 heavy (non-hydrogen) atoms. The van der Waals surface area contributed by atoms with Crippen LogP contribution in [0.1, 0.15) is 26.7 Å². The Morgan fingerprint density at radius 2 is 1.88 bits per heavy atom. The minimum Gasteiger partial charge on any atom is -0.484 e. The van der Waals surface area contributed by atoms with Gasteiger partial charge in [-0.2, -0.15) is 0 Å². The average Bonchev–Trinajstić information content (AvgIpc) is 2.98.